The van der Waals surface area contributed by atoms with Gasteiger partial charge in [0.25, 0.3) is 0 Å². The van der Waals surface area contributed by atoms with Gasteiger partial charge in [-0.2, -0.15) is 0 Å². The van der Waals surface area contributed by atoms with Crippen molar-refractivity contribution < 1.29 is 8.78 Å². The highest BCUT2D eigenvalue weighted by Crippen LogP contribution is 2.27. The average molecular weight is 292 g/mol. The predicted octanol–water partition coefficient (Wildman–Crippen LogP) is 3.96. The Labute approximate surface area is 121 Å². The SMILES string of the molecule is Cc1cccc(Nc2ccc(C(N)=S)c(F)c2F)c1C. The van der Waals surface area contributed by atoms with Crippen LogP contribution < -0.4 is 11.1 Å². The normalized spacial score (nSPS) is 10.4. The van der Waals surface area contributed by atoms with Crippen molar-refractivity contribution >= 4 is 28.6 Å². The molecule has 0 fully saturated rings. The molecule has 0 saturated heterocycles. The third-order valence-electron chi connectivity index (χ3n) is 3.22. The Bertz CT molecular complexity index is 684. The number of hydrogen-bond donors (Lipinski definition) is 2. The molecule has 0 atom stereocenters. The number of nitrogens with two attached hydrogens (primary N) is 1. The third kappa shape index (κ3) is 2.63. The zero-order valence-corrected chi connectivity index (χ0v) is 11.9. The summed E-state index contributed by atoms with van der Waals surface area (Å²) in [6.45, 7) is 3.86. The number of thiocarbonyl (C=S) groups is 1. The maximum absolute atomic E-state index is 14.0. The first kappa shape index (κ1) is 14.4. The second kappa shape index (κ2) is 5.54. The molecule has 0 radical (unpaired) electrons. The number of halogens is 2. The van der Waals surface area contributed by atoms with Gasteiger partial charge in [0.15, 0.2) is 11.6 Å². The summed E-state index contributed by atoms with van der Waals surface area (Å²) in [4.78, 5) is -0.167. The van der Waals surface area contributed by atoms with Crippen LogP contribution in [0.3, 0.4) is 0 Å². The molecule has 0 aliphatic rings. The molecule has 2 aromatic rings. The fraction of sp³-hybridized carbons (Fsp3) is 0.133. The van der Waals surface area contributed by atoms with Crippen LogP contribution in [-0.4, -0.2) is 4.99 Å². The van der Waals surface area contributed by atoms with Gasteiger partial charge < -0.3 is 11.1 Å². The van der Waals surface area contributed by atoms with E-state index in [2.05, 4.69) is 17.5 Å². The van der Waals surface area contributed by atoms with Gasteiger partial charge >= 0.3 is 0 Å². The Kier molecular flexibility index (Phi) is 3.99. The Balaban J connectivity index is 2.42. The molecule has 0 aliphatic carbocycles. The lowest BCUT2D eigenvalue weighted by molar-refractivity contribution is 0.510. The van der Waals surface area contributed by atoms with Gasteiger partial charge in [-0.15, -0.1) is 0 Å². The lowest BCUT2D eigenvalue weighted by Gasteiger charge is -2.13. The van der Waals surface area contributed by atoms with Crippen molar-refractivity contribution in [3.8, 4) is 0 Å². The molecule has 0 spiro atoms. The fourth-order valence-electron chi connectivity index (χ4n) is 1.87. The highest BCUT2D eigenvalue weighted by atomic mass is 32.1. The number of aryl methyl sites for hydroxylation is 1. The van der Waals surface area contributed by atoms with Gasteiger partial charge in [0.05, 0.1) is 5.69 Å². The van der Waals surface area contributed by atoms with E-state index in [9.17, 15) is 8.78 Å². The Hall–Kier alpha value is -2.01. The first-order valence-corrected chi connectivity index (χ1v) is 6.43. The summed E-state index contributed by atoms with van der Waals surface area (Å²) in [6.07, 6.45) is 0. The Morgan fingerprint density at radius 1 is 1.05 bits per heavy atom. The minimum atomic E-state index is -1.03. The van der Waals surface area contributed by atoms with Gasteiger partial charge in [-0.25, -0.2) is 8.78 Å². The summed E-state index contributed by atoms with van der Waals surface area (Å²) in [5, 5.41) is 2.89. The number of rotatable bonds is 3. The monoisotopic (exact) mass is 292 g/mol. The topological polar surface area (TPSA) is 38.0 Å². The molecule has 20 heavy (non-hydrogen) atoms. The van der Waals surface area contributed by atoms with Crippen molar-refractivity contribution in [1.82, 2.24) is 0 Å². The lowest BCUT2D eigenvalue weighted by atomic mass is 10.1. The molecule has 3 N–H and O–H groups in total. The quantitative estimate of drug-likeness (QED) is 0.841. The summed E-state index contributed by atoms with van der Waals surface area (Å²) in [5.41, 5.74) is 8.06. The molecule has 0 aliphatic heterocycles. The summed E-state index contributed by atoms with van der Waals surface area (Å²) < 4.78 is 27.8. The van der Waals surface area contributed by atoms with Crippen molar-refractivity contribution in [2.24, 2.45) is 5.73 Å². The Morgan fingerprint density at radius 2 is 1.75 bits per heavy atom. The van der Waals surface area contributed by atoms with Gasteiger partial charge in [-0.1, -0.05) is 24.4 Å². The van der Waals surface area contributed by atoms with Crippen LogP contribution in [0.25, 0.3) is 0 Å². The number of hydrogen-bond acceptors (Lipinski definition) is 2. The van der Waals surface area contributed by atoms with Gasteiger partial charge in [0.2, 0.25) is 0 Å². The van der Waals surface area contributed by atoms with Gasteiger partial charge in [0.1, 0.15) is 4.99 Å². The molecule has 2 aromatic carbocycles. The van der Waals surface area contributed by atoms with Gasteiger partial charge in [0, 0.05) is 11.3 Å². The fourth-order valence-corrected chi connectivity index (χ4v) is 2.03. The second-order valence-corrected chi connectivity index (χ2v) is 4.97. The zero-order valence-electron chi connectivity index (χ0n) is 11.1. The summed E-state index contributed by atoms with van der Waals surface area (Å²) in [5.74, 6) is -2.02. The minimum absolute atomic E-state index is 0.0520. The van der Waals surface area contributed by atoms with Crippen LogP contribution in [0.5, 0.6) is 0 Å². The summed E-state index contributed by atoms with van der Waals surface area (Å²) >= 11 is 4.67. The molecule has 2 nitrogen and oxygen atoms in total. The van der Waals surface area contributed by atoms with E-state index in [4.69, 9.17) is 5.73 Å². The lowest BCUT2D eigenvalue weighted by Crippen LogP contribution is -2.13. The highest BCUT2D eigenvalue weighted by molar-refractivity contribution is 7.80. The molecule has 0 amide bonds. The molecule has 2 rings (SSSR count). The van der Waals surface area contributed by atoms with E-state index >= 15 is 0 Å². The van der Waals surface area contributed by atoms with Crippen molar-refractivity contribution in [2.75, 3.05) is 5.32 Å². The van der Waals surface area contributed by atoms with E-state index in [0.717, 1.165) is 16.8 Å². The van der Waals surface area contributed by atoms with Crippen molar-refractivity contribution in [1.29, 1.82) is 0 Å². The van der Waals surface area contributed by atoms with Crippen LogP contribution in [0, 0.1) is 25.5 Å². The van der Waals surface area contributed by atoms with Crippen LogP contribution in [0.1, 0.15) is 16.7 Å². The largest absolute Gasteiger partial charge is 0.389 e. The average Bonchev–Trinajstić information content (AvgIpc) is 2.40. The van der Waals surface area contributed by atoms with Crippen LogP contribution in [0.4, 0.5) is 20.2 Å². The molecule has 5 heteroatoms. The molecular weight excluding hydrogens is 278 g/mol. The van der Waals surface area contributed by atoms with Crippen molar-refractivity contribution in [3.63, 3.8) is 0 Å². The molecule has 0 bridgehead atoms. The van der Waals surface area contributed by atoms with Crippen molar-refractivity contribution in [3.05, 3.63) is 58.7 Å². The van der Waals surface area contributed by atoms with E-state index in [-0.39, 0.29) is 16.2 Å². The van der Waals surface area contributed by atoms with Gasteiger partial charge in [-0.05, 0) is 43.2 Å². The third-order valence-corrected chi connectivity index (χ3v) is 3.44. The number of nitrogens with one attached hydrogen (secondary N) is 1. The van der Waals surface area contributed by atoms with E-state index in [0.29, 0.717) is 0 Å². The van der Waals surface area contributed by atoms with Crippen LogP contribution in [0.2, 0.25) is 0 Å². The molecule has 0 aromatic heterocycles. The van der Waals surface area contributed by atoms with E-state index < -0.39 is 11.6 Å². The predicted molar refractivity (Wildman–Crippen MR) is 81.4 cm³/mol. The highest BCUT2D eigenvalue weighted by Gasteiger charge is 2.15. The zero-order chi connectivity index (χ0) is 14.9. The maximum atomic E-state index is 14.0. The van der Waals surface area contributed by atoms with E-state index in [1.54, 1.807) is 6.07 Å². The number of benzene rings is 2. The molecule has 104 valence electrons. The molecule has 0 unspecified atom stereocenters. The second-order valence-electron chi connectivity index (χ2n) is 4.53. The molecular formula is C15H14F2N2S. The maximum Gasteiger partial charge on any atom is 0.182 e. The standard InChI is InChI=1S/C15H14F2N2S/c1-8-4-3-5-11(9(8)2)19-12-7-6-10(15(18)20)13(16)14(12)17/h3-7,19H,1-2H3,(H2,18,20). The number of anilines is 2. The smallest absolute Gasteiger partial charge is 0.182 e. The molecule has 0 heterocycles. The first-order chi connectivity index (χ1) is 9.41. The van der Waals surface area contributed by atoms with E-state index in [1.807, 2.05) is 26.0 Å². The Morgan fingerprint density at radius 3 is 2.40 bits per heavy atom. The van der Waals surface area contributed by atoms with Crippen LogP contribution in [0.15, 0.2) is 30.3 Å². The first-order valence-electron chi connectivity index (χ1n) is 6.03. The summed E-state index contributed by atoms with van der Waals surface area (Å²) in [7, 11) is 0. The van der Waals surface area contributed by atoms with E-state index in [1.165, 1.54) is 12.1 Å². The van der Waals surface area contributed by atoms with Crippen LogP contribution >= 0.6 is 12.2 Å². The summed E-state index contributed by atoms with van der Waals surface area (Å²) in [6, 6.07) is 8.40. The van der Waals surface area contributed by atoms with Crippen LogP contribution in [-0.2, 0) is 0 Å². The van der Waals surface area contributed by atoms with Gasteiger partial charge in [-0.3, -0.25) is 0 Å². The van der Waals surface area contributed by atoms with Crippen molar-refractivity contribution in [2.45, 2.75) is 13.8 Å². The minimum Gasteiger partial charge on any atom is -0.389 e. The molecule has 0 saturated carbocycles.